The van der Waals surface area contributed by atoms with Crippen LogP contribution in [0.2, 0.25) is 10.0 Å². The molecule has 3 N–H and O–H groups in total. The van der Waals surface area contributed by atoms with Crippen LogP contribution in [0.4, 0.5) is 18.0 Å². The number of nitrogens with two attached hydrogens (primary N) is 1. The number of benzene rings is 2. The Bertz CT molecular complexity index is 1120. The monoisotopic (exact) mass is 549 g/mol. The predicted octanol–water partition coefficient (Wildman–Crippen LogP) is 5.32. The summed E-state index contributed by atoms with van der Waals surface area (Å²) in [6.45, 7) is 4.00. The number of carbonyl (C=O) groups excluding carboxylic acids is 2. The molecule has 1 heterocycles. The van der Waals surface area contributed by atoms with E-state index in [-0.39, 0.29) is 34.0 Å². The van der Waals surface area contributed by atoms with E-state index < -0.39 is 24.3 Å². The van der Waals surface area contributed by atoms with Crippen LogP contribution >= 0.6 is 23.2 Å². The van der Waals surface area contributed by atoms with Crippen molar-refractivity contribution in [1.82, 2.24) is 5.32 Å². The smallest absolute Gasteiger partial charge is 0.435 e. The van der Waals surface area contributed by atoms with Gasteiger partial charge in [0.25, 0.3) is 11.5 Å². The average molecular weight is 550 g/mol. The fourth-order valence-corrected chi connectivity index (χ4v) is 3.78. The van der Waals surface area contributed by atoms with Crippen LogP contribution in [0, 0.1) is 6.92 Å². The molecule has 1 atom stereocenters. The third-order valence-electron chi connectivity index (χ3n) is 5.06. The standard InChI is InChI=1S/C21H19Cl2F3N2O3.C2H5NO2/c1-3-30-11-27-19(29)17-5-4-13(6-12(17)2)18-10-20(31-28-18,21(24,25)26)14-7-15(22)9-16(23)8-14;1-5-2(3)4/h4-9H,3,10-11H2,1-2H3,(H,27,29);1H3,(H2,3,4). The number of ether oxygens (including phenoxy) is 2. The van der Waals surface area contributed by atoms with E-state index >= 15 is 0 Å². The first-order chi connectivity index (χ1) is 16.8. The van der Waals surface area contributed by atoms with E-state index in [0.717, 1.165) is 12.1 Å². The molecule has 1 unspecified atom stereocenters. The normalized spacial score (nSPS) is 16.8. The van der Waals surface area contributed by atoms with Gasteiger partial charge in [0, 0.05) is 34.2 Å². The summed E-state index contributed by atoms with van der Waals surface area (Å²) in [7, 11) is 1.22. The second kappa shape index (κ2) is 12.3. The van der Waals surface area contributed by atoms with Crippen molar-refractivity contribution in [1.29, 1.82) is 0 Å². The van der Waals surface area contributed by atoms with E-state index in [0.29, 0.717) is 23.3 Å². The largest absolute Gasteiger partial charge is 0.453 e. The Kier molecular flexibility index (Phi) is 9.97. The molecule has 8 nitrogen and oxygen atoms in total. The molecule has 0 fully saturated rings. The third kappa shape index (κ3) is 7.02. The zero-order valence-electron chi connectivity index (χ0n) is 19.5. The SMILES string of the molecule is CCOCNC(=O)c1ccc(C2=NOC(c3cc(Cl)cc(Cl)c3)(C(F)(F)F)C2)cc1C.COC(N)=O. The molecule has 36 heavy (non-hydrogen) atoms. The molecule has 2 amide bonds. The molecule has 0 bridgehead atoms. The van der Waals surface area contributed by atoms with Crippen LogP contribution in [-0.2, 0) is 19.9 Å². The average Bonchev–Trinajstić information content (AvgIpc) is 3.26. The Morgan fingerprint density at radius 2 is 1.81 bits per heavy atom. The quantitative estimate of drug-likeness (QED) is 0.374. The number of hydrogen-bond donors (Lipinski definition) is 2. The zero-order valence-corrected chi connectivity index (χ0v) is 21.1. The van der Waals surface area contributed by atoms with E-state index in [4.69, 9.17) is 32.8 Å². The number of aryl methyl sites for hydroxylation is 1. The summed E-state index contributed by atoms with van der Waals surface area (Å²) in [5.74, 6) is -0.347. The molecule has 196 valence electrons. The summed E-state index contributed by atoms with van der Waals surface area (Å²) in [6.07, 6.45) is -6.09. The van der Waals surface area contributed by atoms with Crippen LogP contribution in [0.15, 0.2) is 41.6 Å². The number of methoxy groups -OCH3 is 1. The number of oxime groups is 1. The number of halogens is 5. The number of nitrogens with zero attached hydrogens (tertiary/aromatic N) is 1. The summed E-state index contributed by atoms with van der Waals surface area (Å²) in [5.41, 5.74) is 2.95. The lowest BCUT2D eigenvalue weighted by Crippen LogP contribution is -2.42. The molecule has 13 heteroatoms. The fraction of sp³-hybridized carbons (Fsp3) is 0.348. The lowest BCUT2D eigenvalue weighted by atomic mass is 9.86. The highest BCUT2D eigenvalue weighted by Gasteiger charge is 2.62. The number of amides is 2. The van der Waals surface area contributed by atoms with Crippen LogP contribution in [0.5, 0.6) is 0 Å². The van der Waals surface area contributed by atoms with Crippen molar-refractivity contribution >= 4 is 40.9 Å². The van der Waals surface area contributed by atoms with E-state index in [1.807, 2.05) is 0 Å². The molecular formula is C23H24Cl2F3N3O5. The van der Waals surface area contributed by atoms with Crippen LogP contribution < -0.4 is 11.1 Å². The van der Waals surface area contributed by atoms with Gasteiger partial charge in [0.2, 0.25) is 0 Å². The molecule has 1 aliphatic heterocycles. The van der Waals surface area contributed by atoms with Gasteiger partial charge in [-0.2, -0.15) is 13.2 Å². The van der Waals surface area contributed by atoms with Crippen molar-refractivity contribution in [2.24, 2.45) is 10.9 Å². The molecule has 0 saturated heterocycles. The Hall–Kier alpha value is -3.02. The van der Waals surface area contributed by atoms with Crippen LogP contribution in [0.3, 0.4) is 0 Å². The first-order valence-electron chi connectivity index (χ1n) is 10.4. The lowest BCUT2D eigenvalue weighted by molar-refractivity contribution is -0.275. The van der Waals surface area contributed by atoms with E-state index in [1.54, 1.807) is 19.9 Å². The van der Waals surface area contributed by atoms with Gasteiger partial charge in [0.05, 0.1) is 12.8 Å². The van der Waals surface area contributed by atoms with Crippen molar-refractivity contribution in [3.63, 3.8) is 0 Å². The topological polar surface area (TPSA) is 112 Å². The summed E-state index contributed by atoms with van der Waals surface area (Å²) in [4.78, 5) is 26.6. The van der Waals surface area contributed by atoms with Gasteiger partial charge in [-0.3, -0.25) is 4.79 Å². The minimum absolute atomic E-state index is 0.0569. The summed E-state index contributed by atoms with van der Waals surface area (Å²) < 4.78 is 51.3. The highest BCUT2D eigenvalue weighted by molar-refractivity contribution is 6.34. The van der Waals surface area contributed by atoms with Gasteiger partial charge in [-0.15, -0.1) is 0 Å². The van der Waals surface area contributed by atoms with Crippen molar-refractivity contribution in [3.05, 3.63) is 68.7 Å². The number of primary amides is 1. The highest BCUT2D eigenvalue weighted by Crippen LogP contribution is 2.49. The first-order valence-corrected chi connectivity index (χ1v) is 11.2. The minimum atomic E-state index is -4.78. The molecule has 0 saturated carbocycles. The summed E-state index contributed by atoms with van der Waals surface area (Å²) in [6, 6.07) is 8.31. The number of hydrogen-bond acceptors (Lipinski definition) is 6. The Balaban J connectivity index is 0.000000830. The molecule has 0 aromatic heterocycles. The molecule has 2 aromatic carbocycles. The summed E-state index contributed by atoms with van der Waals surface area (Å²) in [5, 5.41) is 6.45. The van der Waals surface area contributed by atoms with Crippen LogP contribution in [0.25, 0.3) is 0 Å². The number of alkyl halides is 3. The van der Waals surface area contributed by atoms with Crippen LogP contribution in [0.1, 0.15) is 40.4 Å². The molecule has 1 aliphatic rings. The van der Waals surface area contributed by atoms with Gasteiger partial charge in [-0.1, -0.05) is 34.4 Å². The van der Waals surface area contributed by atoms with Gasteiger partial charge in [0.15, 0.2) is 0 Å². The maximum absolute atomic E-state index is 14.1. The lowest BCUT2D eigenvalue weighted by Gasteiger charge is -2.29. The Labute approximate surface area is 215 Å². The predicted molar refractivity (Wildman–Crippen MR) is 128 cm³/mol. The van der Waals surface area contributed by atoms with E-state index in [1.165, 1.54) is 25.3 Å². The van der Waals surface area contributed by atoms with Crippen molar-refractivity contribution in [2.75, 3.05) is 20.4 Å². The fourth-order valence-electron chi connectivity index (χ4n) is 3.26. The summed E-state index contributed by atoms with van der Waals surface area (Å²) >= 11 is 11.8. The van der Waals surface area contributed by atoms with Crippen molar-refractivity contribution in [2.45, 2.75) is 32.0 Å². The first kappa shape index (κ1) is 29.2. The van der Waals surface area contributed by atoms with E-state index in [9.17, 15) is 22.8 Å². The van der Waals surface area contributed by atoms with Crippen molar-refractivity contribution in [3.8, 4) is 0 Å². The number of carbonyl (C=O) groups is 2. The molecular weight excluding hydrogens is 526 g/mol. The molecule has 2 aromatic rings. The maximum Gasteiger partial charge on any atom is 0.435 e. The van der Waals surface area contributed by atoms with Crippen LogP contribution in [-0.4, -0.2) is 44.3 Å². The van der Waals surface area contributed by atoms with E-state index in [2.05, 4.69) is 20.9 Å². The second-order valence-electron chi connectivity index (χ2n) is 7.48. The van der Waals surface area contributed by atoms with Gasteiger partial charge in [-0.25, -0.2) is 4.79 Å². The Morgan fingerprint density at radius 3 is 2.31 bits per heavy atom. The molecule has 3 rings (SSSR count). The van der Waals surface area contributed by atoms with Crippen molar-refractivity contribution < 1.29 is 37.1 Å². The van der Waals surface area contributed by atoms with Gasteiger partial charge < -0.3 is 25.4 Å². The highest BCUT2D eigenvalue weighted by atomic mass is 35.5. The zero-order chi connectivity index (χ0) is 27.1. The second-order valence-corrected chi connectivity index (χ2v) is 8.36. The Morgan fingerprint density at radius 1 is 1.19 bits per heavy atom. The molecule has 0 aliphatic carbocycles. The van der Waals surface area contributed by atoms with Gasteiger partial charge in [-0.05, 0) is 55.3 Å². The number of rotatable bonds is 6. The maximum atomic E-state index is 14.1. The molecule has 0 spiro atoms. The van der Waals surface area contributed by atoms with Gasteiger partial charge >= 0.3 is 12.3 Å². The molecule has 0 radical (unpaired) electrons. The van der Waals surface area contributed by atoms with Gasteiger partial charge in [0.1, 0.15) is 6.73 Å². The number of nitrogens with one attached hydrogen (secondary N) is 1. The third-order valence-corrected chi connectivity index (χ3v) is 5.50. The minimum Gasteiger partial charge on any atom is -0.453 e.